The second-order valence-electron chi connectivity index (χ2n) is 4.09. The van der Waals surface area contributed by atoms with Gasteiger partial charge in [-0.3, -0.25) is 4.79 Å². The lowest BCUT2D eigenvalue weighted by atomic mass is 9.77. The Morgan fingerprint density at radius 2 is 2.24 bits per heavy atom. The van der Waals surface area contributed by atoms with E-state index in [-0.39, 0.29) is 11.7 Å². The number of carbonyl (C=O) groups is 1. The van der Waals surface area contributed by atoms with Gasteiger partial charge in [0.2, 0.25) is 0 Å². The van der Waals surface area contributed by atoms with Gasteiger partial charge in [-0.1, -0.05) is 51.3 Å². The molecule has 5 heteroatoms. The Kier molecular flexibility index (Phi) is 3.83. The summed E-state index contributed by atoms with van der Waals surface area (Å²) in [5.41, 5.74) is 2.03. The van der Waals surface area contributed by atoms with E-state index in [0.717, 1.165) is 15.6 Å². The number of ketones is 1. The molecule has 0 heterocycles. The molecular weight excluding hydrogens is 327 g/mol. The minimum atomic E-state index is -1.27. The SMILES string of the molecule is COCc1ccc(C2CC(=O)C2(Cl)Cl)c(Br)c1. The maximum absolute atomic E-state index is 11.3. The lowest BCUT2D eigenvalue weighted by Gasteiger charge is -2.38. The highest BCUT2D eigenvalue weighted by molar-refractivity contribution is 9.10. The Labute approximate surface area is 118 Å². The highest BCUT2D eigenvalue weighted by atomic mass is 79.9. The molecule has 0 aromatic heterocycles. The predicted molar refractivity (Wildman–Crippen MR) is 71.7 cm³/mol. The molecule has 2 nitrogen and oxygen atoms in total. The molecule has 0 radical (unpaired) electrons. The van der Waals surface area contributed by atoms with E-state index >= 15 is 0 Å². The molecule has 0 saturated heterocycles. The molecule has 17 heavy (non-hydrogen) atoms. The van der Waals surface area contributed by atoms with Gasteiger partial charge in [-0.25, -0.2) is 0 Å². The highest BCUT2D eigenvalue weighted by Gasteiger charge is 2.53. The van der Waals surface area contributed by atoms with Crippen LogP contribution in [0.3, 0.4) is 0 Å². The molecule has 0 N–H and O–H groups in total. The van der Waals surface area contributed by atoms with Crippen LogP contribution >= 0.6 is 39.1 Å². The number of Topliss-reactive ketones (excluding diaryl/α,β-unsaturated/α-hetero) is 1. The van der Waals surface area contributed by atoms with Gasteiger partial charge in [-0.15, -0.1) is 0 Å². The summed E-state index contributed by atoms with van der Waals surface area (Å²) in [4.78, 5) is 11.3. The molecule has 1 aromatic rings. The van der Waals surface area contributed by atoms with E-state index in [4.69, 9.17) is 27.9 Å². The van der Waals surface area contributed by atoms with Crippen molar-refractivity contribution in [2.75, 3.05) is 7.11 Å². The molecule has 1 unspecified atom stereocenters. The fraction of sp³-hybridized carbons (Fsp3) is 0.417. The zero-order chi connectivity index (χ0) is 12.6. The quantitative estimate of drug-likeness (QED) is 0.783. The van der Waals surface area contributed by atoms with Gasteiger partial charge in [-0.05, 0) is 17.2 Å². The highest BCUT2D eigenvalue weighted by Crippen LogP contribution is 2.52. The zero-order valence-corrected chi connectivity index (χ0v) is 12.3. The Hall–Kier alpha value is -0.0900. The van der Waals surface area contributed by atoms with Crippen molar-refractivity contribution in [1.82, 2.24) is 0 Å². The number of hydrogen-bond acceptors (Lipinski definition) is 2. The minimum absolute atomic E-state index is 0.112. The zero-order valence-electron chi connectivity index (χ0n) is 9.17. The maximum atomic E-state index is 11.3. The van der Waals surface area contributed by atoms with Crippen molar-refractivity contribution in [3.05, 3.63) is 33.8 Å². The molecule has 0 aliphatic heterocycles. The van der Waals surface area contributed by atoms with E-state index in [1.54, 1.807) is 7.11 Å². The van der Waals surface area contributed by atoms with E-state index in [1.165, 1.54) is 0 Å². The molecule has 0 bridgehead atoms. The van der Waals surface area contributed by atoms with Crippen molar-refractivity contribution in [2.24, 2.45) is 0 Å². The summed E-state index contributed by atoms with van der Waals surface area (Å²) in [6, 6.07) is 5.86. The van der Waals surface area contributed by atoms with Crippen LogP contribution in [0.1, 0.15) is 23.5 Å². The largest absolute Gasteiger partial charge is 0.380 e. The van der Waals surface area contributed by atoms with E-state index in [9.17, 15) is 4.79 Å². The van der Waals surface area contributed by atoms with E-state index in [2.05, 4.69) is 15.9 Å². The first kappa shape index (κ1) is 13.3. The second-order valence-corrected chi connectivity index (χ2v) is 6.33. The van der Waals surface area contributed by atoms with Crippen LogP contribution in [0.15, 0.2) is 22.7 Å². The van der Waals surface area contributed by atoms with E-state index in [0.29, 0.717) is 13.0 Å². The van der Waals surface area contributed by atoms with Gasteiger partial charge in [0.1, 0.15) is 0 Å². The number of carbonyl (C=O) groups excluding carboxylic acids is 1. The van der Waals surface area contributed by atoms with Crippen LogP contribution in [0.2, 0.25) is 0 Å². The lowest BCUT2D eigenvalue weighted by molar-refractivity contribution is -0.125. The summed E-state index contributed by atoms with van der Waals surface area (Å²) < 4.78 is 4.69. The summed E-state index contributed by atoms with van der Waals surface area (Å²) in [5, 5.41) is 0. The maximum Gasteiger partial charge on any atom is 0.183 e. The van der Waals surface area contributed by atoms with Crippen molar-refractivity contribution in [2.45, 2.75) is 23.3 Å². The Morgan fingerprint density at radius 1 is 1.53 bits per heavy atom. The number of alkyl halides is 2. The Morgan fingerprint density at radius 3 is 2.71 bits per heavy atom. The van der Waals surface area contributed by atoms with Crippen LogP contribution in [0.5, 0.6) is 0 Å². The summed E-state index contributed by atoms with van der Waals surface area (Å²) in [5.74, 6) is -0.247. The second kappa shape index (κ2) is 4.88. The number of methoxy groups -OCH3 is 1. The molecular formula is C12H11BrCl2O2. The summed E-state index contributed by atoms with van der Waals surface area (Å²) in [6.45, 7) is 0.551. The molecule has 1 aromatic carbocycles. The van der Waals surface area contributed by atoms with Crippen LogP contribution in [-0.4, -0.2) is 17.2 Å². The van der Waals surface area contributed by atoms with E-state index in [1.807, 2.05) is 18.2 Å². The number of ether oxygens (including phenoxy) is 1. The van der Waals surface area contributed by atoms with Gasteiger partial charge < -0.3 is 4.74 Å². The number of hydrogen-bond donors (Lipinski definition) is 0. The summed E-state index contributed by atoms with van der Waals surface area (Å²) in [7, 11) is 1.65. The monoisotopic (exact) mass is 336 g/mol. The van der Waals surface area contributed by atoms with Crippen molar-refractivity contribution in [3.8, 4) is 0 Å². The lowest BCUT2D eigenvalue weighted by Crippen LogP contribution is -2.45. The van der Waals surface area contributed by atoms with Crippen LogP contribution in [0.25, 0.3) is 0 Å². The molecule has 1 atom stereocenters. The standard InChI is InChI=1S/C12H11BrCl2O2/c1-17-6-7-2-3-8(10(13)4-7)9-5-11(16)12(9,14)15/h2-4,9H,5-6H2,1H3. The molecule has 1 aliphatic rings. The normalized spacial score (nSPS) is 22.4. The first-order valence-corrected chi connectivity index (χ1v) is 6.70. The molecule has 2 rings (SSSR count). The van der Waals surface area contributed by atoms with Crippen LogP contribution < -0.4 is 0 Å². The van der Waals surface area contributed by atoms with Crippen LogP contribution in [-0.2, 0) is 16.1 Å². The van der Waals surface area contributed by atoms with Crippen LogP contribution in [0.4, 0.5) is 0 Å². The van der Waals surface area contributed by atoms with Gasteiger partial charge in [0, 0.05) is 23.9 Å². The molecule has 1 saturated carbocycles. The van der Waals surface area contributed by atoms with Crippen molar-refractivity contribution in [3.63, 3.8) is 0 Å². The molecule has 1 fully saturated rings. The third-order valence-corrected chi connectivity index (χ3v) is 4.59. The number of halogens is 3. The Balaban J connectivity index is 2.26. The first-order valence-electron chi connectivity index (χ1n) is 5.15. The third-order valence-electron chi connectivity index (χ3n) is 2.95. The fourth-order valence-corrected chi connectivity index (χ4v) is 3.17. The van der Waals surface area contributed by atoms with Gasteiger partial charge >= 0.3 is 0 Å². The predicted octanol–water partition coefficient (Wildman–Crippen LogP) is 3.83. The molecule has 0 amide bonds. The number of rotatable bonds is 3. The average molecular weight is 338 g/mol. The number of benzene rings is 1. The van der Waals surface area contributed by atoms with Gasteiger partial charge in [0.05, 0.1) is 6.61 Å². The topological polar surface area (TPSA) is 26.3 Å². The third kappa shape index (κ3) is 2.39. The molecule has 0 spiro atoms. The average Bonchev–Trinajstić information content (AvgIpc) is 2.27. The van der Waals surface area contributed by atoms with Gasteiger partial charge in [0.15, 0.2) is 10.1 Å². The van der Waals surface area contributed by atoms with Crippen molar-refractivity contribution in [1.29, 1.82) is 0 Å². The minimum Gasteiger partial charge on any atom is -0.380 e. The van der Waals surface area contributed by atoms with E-state index < -0.39 is 4.33 Å². The summed E-state index contributed by atoms with van der Waals surface area (Å²) >= 11 is 15.5. The fourth-order valence-electron chi connectivity index (χ4n) is 1.93. The van der Waals surface area contributed by atoms with Gasteiger partial charge in [0.25, 0.3) is 0 Å². The molecule has 92 valence electrons. The van der Waals surface area contributed by atoms with Crippen molar-refractivity contribution < 1.29 is 9.53 Å². The van der Waals surface area contributed by atoms with Gasteiger partial charge in [-0.2, -0.15) is 0 Å². The first-order chi connectivity index (χ1) is 7.96. The smallest absolute Gasteiger partial charge is 0.183 e. The van der Waals surface area contributed by atoms with Crippen molar-refractivity contribution >= 4 is 44.9 Å². The molecule has 1 aliphatic carbocycles. The van der Waals surface area contributed by atoms with Crippen LogP contribution in [0, 0.1) is 0 Å². The summed E-state index contributed by atoms with van der Waals surface area (Å²) in [6.07, 6.45) is 0.398. The Bertz CT molecular complexity index is 460.